The molecule has 9 nitrogen and oxygen atoms in total. The average Bonchev–Trinajstić information content (AvgIpc) is 3.52. The van der Waals surface area contributed by atoms with Gasteiger partial charge >= 0.3 is 10.2 Å². The van der Waals surface area contributed by atoms with Crippen molar-refractivity contribution in [1.29, 1.82) is 0 Å². The molecule has 10 heteroatoms. The highest BCUT2D eigenvalue weighted by Crippen LogP contribution is 2.26. The number of nitrogens with one attached hydrogen (secondary N) is 1. The van der Waals surface area contributed by atoms with Crippen LogP contribution >= 0.6 is 0 Å². The molecule has 4 rings (SSSR count). The van der Waals surface area contributed by atoms with Crippen LogP contribution in [-0.2, 0) is 15.0 Å². The molecule has 1 aliphatic rings. The fourth-order valence-corrected chi connectivity index (χ4v) is 5.00. The molecular formula is C25H28N4O5S. The number of likely N-dealkylation sites (tertiary alicyclic amines) is 1. The van der Waals surface area contributed by atoms with Crippen LogP contribution in [-0.4, -0.2) is 67.7 Å². The summed E-state index contributed by atoms with van der Waals surface area (Å²) < 4.78 is 33.3. The van der Waals surface area contributed by atoms with Crippen LogP contribution in [0, 0.1) is 0 Å². The highest BCUT2D eigenvalue weighted by atomic mass is 32.2. The lowest BCUT2D eigenvalue weighted by atomic mass is 10.1. The highest BCUT2D eigenvalue weighted by molar-refractivity contribution is 7.87. The van der Waals surface area contributed by atoms with Crippen molar-refractivity contribution in [3.8, 4) is 5.75 Å². The lowest BCUT2D eigenvalue weighted by Gasteiger charge is -2.18. The number of hydrogen-bond acceptors (Lipinski definition) is 5. The first-order valence-corrected chi connectivity index (χ1v) is 12.6. The van der Waals surface area contributed by atoms with E-state index in [-0.39, 0.29) is 11.6 Å². The van der Waals surface area contributed by atoms with Crippen molar-refractivity contribution in [2.75, 3.05) is 34.3 Å². The molecule has 1 aliphatic heterocycles. The summed E-state index contributed by atoms with van der Waals surface area (Å²) >= 11 is 0. The van der Waals surface area contributed by atoms with E-state index in [2.05, 4.69) is 5.32 Å². The number of para-hydroxylation sites is 1. The second-order valence-electron chi connectivity index (χ2n) is 8.43. The molecule has 1 aromatic heterocycles. The van der Waals surface area contributed by atoms with Crippen LogP contribution in [0.2, 0.25) is 0 Å². The molecule has 3 aromatic rings. The average molecular weight is 497 g/mol. The van der Waals surface area contributed by atoms with E-state index in [1.807, 2.05) is 0 Å². The molecule has 2 aromatic carbocycles. The van der Waals surface area contributed by atoms with Crippen LogP contribution in [0.3, 0.4) is 0 Å². The third-order valence-corrected chi connectivity index (χ3v) is 7.66. The number of methoxy groups -OCH3 is 1. The summed E-state index contributed by atoms with van der Waals surface area (Å²) in [6.07, 6.45) is 4.81. The molecule has 1 saturated heterocycles. The summed E-state index contributed by atoms with van der Waals surface area (Å²) in [5.74, 6) is -0.145. The first-order valence-electron chi connectivity index (χ1n) is 11.2. The third-order valence-electron chi connectivity index (χ3n) is 5.94. The number of benzene rings is 2. The predicted octanol–water partition coefficient (Wildman–Crippen LogP) is 2.70. The van der Waals surface area contributed by atoms with Crippen molar-refractivity contribution in [3.05, 3.63) is 71.6 Å². The predicted molar refractivity (Wildman–Crippen MR) is 134 cm³/mol. The van der Waals surface area contributed by atoms with Crippen molar-refractivity contribution < 1.29 is 22.7 Å². The summed E-state index contributed by atoms with van der Waals surface area (Å²) in [5, 5.41) is 3.39. The van der Waals surface area contributed by atoms with Crippen LogP contribution < -0.4 is 10.1 Å². The van der Waals surface area contributed by atoms with Crippen molar-refractivity contribution in [3.63, 3.8) is 0 Å². The van der Waals surface area contributed by atoms with Crippen molar-refractivity contribution >= 4 is 39.0 Å². The second-order valence-corrected chi connectivity index (χ2v) is 10.4. The highest BCUT2D eigenvalue weighted by Gasteiger charge is 2.25. The van der Waals surface area contributed by atoms with Gasteiger partial charge in [0, 0.05) is 49.9 Å². The Hall–Kier alpha value is -3.63. The van der Waals surface area contributed by atoms with E-state index >= 15 is 0 Å². The number of aromatic nitrogens is 1. The fourth-order valence-electron chi connectivity index (χ4n) is 3.99. The Morgan fingerprint density at radius 3 is 2.31 bits per heavy atom. The van der Waals surface area contributed by atoms with Gasteiger partial charge in [-0.1, -0.05) is 18.2 Å². The zero-order chi connectivity index (χ0) is 25.2. The summed E-state index contributed by atoms with van der Waals surface area (Å²) in [5.41, 5.74) is 1.42. The molecule has 0 saturated carbocycles. The minimum absolute atomic E-state index is 0.0814. The molecule has 184 valence electrons. The maximum atomic E-state index is 13.4. The summed E-state index contributed by atoms with van der Waals surface area (Å²) in [4.78, 5) is 28.1. The standard InChI is InChI=1S/C25H28N4O5S/c1-27(2)35(32,33)29-17-19(21-8-4-5-9-23(21)29)16-22(25(31)28-14-6-7-15-28)26-24(30)18-10-12-20(34-3)13-11-18/h4-5,8-13,16-17H,6-7,14-15H2,1-3H3,(H,26,30)/b22-16-. The van der Waals surface area contributed by atoms with Gasteiger partial charge in [0.2, 0.25) is 0 Å². The molecule has 0 unspecified atom stereocenters. The SMILES string of the molecule is COc1ccc(C(=O)N/C(=C\c2cn(S(=O)(=O)N(C)C)c3ccccc23)C(=O)N2CCCC2)cc1. The van der Waals surface area contributed by atoms with Gasteiger partial charge in [-0.05, 0) is 49.2 Å². The van der Waals surface area contributed by atoms with Gasteiger partial charge in [-0.25, -0.2) is 3.97 Å². The van der Waals surface area contributed by atoms with E-state index in [9.17, 15) is 18.0 Å². The first kappa shape index (κ1) is 24.5. The van der Waals surface area contributed by atoms with E-state index in [1.54, 1.807) is 59.5 Å². The number of carbonyl (C=O) groups is 2. The van der Waals surface area contributed by atoms with Crippen LogP contribution in [0.25, 0.3) is 17.0 Å². The minimum Gasteiger partial charge on any atom is -0.497 e. The number of hydrogen-bond donors (Lipinski definition) is 1. The van der Waals surface area contributed by atoms with Crippen molar-refractivity contribution in [1.82, 2.24) is 18.5 Å². The lowest BCUT2D eigenvalue weighted by molar-refractivity contribution is -0.126. The molecule has 0 spiro atoms. The molecule has 2 heterocycles. The zero-order valence-corrected chi connectivity index (χ0v) is 20.7. The van der Waals surface area contributed by atoms with Crippen LogP contribution in [0.5, 0.6) is 5.75 Å². The van der Waals surface area contributed by atoms with Crippen LogP contribution in [0.1, 0.15) is 28.8 Å². The molecule has 1 N–H and O–H groups in total. The van der Waals surface area contributed by atoms with E-state index in [1.165, 1.54) is 31.4 Å². The first-order chi connectivity index (χ1) is 16.7. The maximum absolute atomic E-state index is 13.4. The smallest absolute Gasteiger partial charge is 0.307 e. The molecular weight excluding hydrogens is 468 g/mol. The molecule has 0 aliphatic carbocycles. The molecule has 0 bridgehead atoms. The van der Waals surface area contributed by atoms with Gasteiger partial charge in [0.1, 0.15) is 11.4 Å². The molecule has 0 atom stereocenters. The number of rotatable bonds is 7. The summed E-state index contributed by atoms with van der Waals surface area (Å²) in [6, 6.07) is 13.6. The van der Waals surface area contributed by atoms with Gasteiger partial charge in [-0.3, -0.25) is 9.59 Å². The lowest BCUT2D eigenvalue weighted by Crippen LogP contribution is -2.36. The van der Waals surface area contributed by atoms with Gasteiger partial charge in [-0.15, -0.1) is 0 Å². The molecule has 0 radical (unpaired) electrons. The Labute approximate surface area is 204 Å². The number of carbonyl (C=O) groups excluding carboxylic acids is 2. The van der Waals surface area contributed by atoms with Gasteiger partial charge in [0.15, 0.2) is 0 Å². The Balaban J connectivity index is 1.78. The Morgan fingerprint density at radius 2 is 1.69 bits per heavy atom. The van der Waals surface area contributed by atoms with E-state index < -0.39 is 16.1 Å². The topological polar surface area (TPSA) is 101 Å². The Bertz CT molecular complexity index is 1380. The Morgan fingerprint density at radius 1 is 1.03 bits per heavy atom. The largest absolute Gasteiger partial charge is 0.497 e. The minimum atomic E-state index is -3.80. The molecule has 2 amide bonds. The van der Waals surface area contributed by atoms with Crippen LogP contribution in [0.4, 0.5) is 0 Å². The number of ether oxygens (including phenoxy) is 1. The van der Waals surface area contributed by atoms with E-state index in [0.29, 0.717) is 40.9 Å². The summed E-state index contributed by atoms with van der Waals surface area (Å²) in [7, 11) is 0.649. The molecule has 1 fully saturated rings. The molecule has 35 heavy (non-hydrogen) atoms. The van der Waals surface area contributed by atoms with E-state index in [0.717, 1.165) is 17.1 Å². The summed E-state index contributed by atoms with van der Waals surface area (Å²) in [6.45, 7) is 1.21. The van der Waals surface area contributed by atoms with Gasteiger partial charge in [-0.2, -0.15) is 12.7 Å². The number of nitrogens with zero attached hydrogens (tertiary/aromatic N) is 3. The second kappa shape index (κ2) is 9.93. The quantitative estimate of drug-likeness (QED) is 0.507. The van der Waals surface area contributed by atoms with Crippen LogP contribution in [0.15, 0.2) is 60.4 Å². The van der Waals surface area contributed by atoms with Gasteiger partial charge in [0.05, 0.1) is 12.6 Å². The maximum Gasteiger partial charge on any atom is 0.307 e. The normalized spacial score (nSPS) is 14.5. The van der Waals surface area contributed by atoms with Crippen molar-refractivity contribution in [2.45, 2.75) is 12.8 Å². The van der Waals surface area contributed by atoms with E-state index in [4.69, 9.17) is 4.74 Å². The number of fused-ring (bicyclic) bond motifs is 1. The fraction of sp³-hybridized carbons (Fsp3) is 0.280. The number of amides is 2. The monoisotopic (exact) mass is 496 g/mol. The Kier molecular flexibility index (Phi) is 6.95. The van der Waals surface area contributed by atoms with Gasteiger partial charge < -0.3 is 15.0 Å². The van der Waals surface area contributed by atoms with Crippen molar-refractivity contribution in [2.24, 2.45) is 0 Å². The zero-order valence-electron chi connectivity index (χ0n) is 19.9. The third kappa shape index (κ3) is 4.94. The van der Waals surface area contributed by atoms with Gasteiger partial charge in [0.25, 0.3) is 11.8 Å².